The molecule has 3 rings (SSSR count). The van der Waals surface area contributed by atoms with Crippen LogP contribution in [0, 0.1) is 5.92 Å². The summed E-state index contributed by atoms with van der Waals surface area (Å²) in [5.74, 6) is -3.93. The molecule has 0 aliphatic carbocycles. The van der Waals surface area contributed by atoms with Gasteiger partial charge in [0.05, 0.1) is 14.8 Å². The predicted molar refractivity (Wildman–Crippen MR) is 93.7 cm³/mol. The number of halogens is 5. The summed E-state index contributed by atoms with van der Waals surface area (Å²) in [6.07, 6.45) is -8.06. The van der Waals surface area contributed by atoms with E-state index in [9.17, 15) is 26.4 Å². The Labute approximate surface area is 167 Å². The first kappa shape index (κ1) is 20.8. The number of hydrogen-bond donors (Lipinski definition) is 1. The standard InChI is InChI=1S/C17H11Cl2F3O5S/c18-9-1-3-10(4-2-9)28(25,26)14-7-13-8(6-12(14)19)5-11(16(23)24)15(27-13)17(20,21)22/h1-4,6-7,11,15H,5H2,(H,23,24)/t11-,15+/m1/s1. The second kappa shape index (κ2) is 7.13. The summed E-state index contributed by atoms with van der Waals surface area (Å²) in [6, 6.07) is 7.14. The molecular weight excluding hydrogens is 444 g/mol. The van der Waals surface area contributed by atoms with Crippen molar-refractivity contribution in [3.63, 3.8) is 0 Å². The fraction of sp³-hybridized carbons (Fsp3) is 0.235. The first-order valence-electron chi connectivity index (χ1n) is 7.70. The molecule has 2 aromatic rings. The van der Waals surface area contributed by atoms with Gasteiger partial charge in [0, 0.05) is 11.1 Å². The van der Waals surface area contributed by atoms with E-state index in [1.54, 1.807) is 0 Å². The number of aliphatic carboxylic acids is 1. The highest BCUT2D eigenvalue weighted by Crippen LogP contribution is 2.42. The zero-order valence-electron chi connectivity index (χ0n) is 13.7. The largest absolute Gasteiger partial charge is 0.481 e. The average Bonchev–Trinajstić information content (AvgIpc) is 2.59. The maximum absolute atomic E-state index is 13.2. The number of carboxylic acids is 1. The molecule has 0 radical (unpaired) electrons. The van der Waals surface area contributed by atoms with Crippen molar-refractivity contribution in [3.8, 4) is 5.75 Å². The van der Waals surface area contributed by atoms with Crippen LogP contribution in [0.2, 0.25) is 10.0 Å². The number of hydrogen-bond acceptors (Lipinski definition) is 4. The van der Waals surface area contributed by atoms with E-state index in [0.717, 1.165) is 12.1 Å². The monoisotopic (exact) mass is 454 g/mol. The minimum absolute atomic E-state index is 0.0768. The lowest BCUT2D eigenvalue weighted by Crippen LogP contribution is -2.47. The second-order valence-electron chi connectivity index (χ2n) is 6.08. The zero-order chi connectivity index (χ0) is 20.9. The lowest BCUT2D eigenvalue weighted by molar-refractivity contribution is -0.217. The predicted octanol–water partition coefficient (Wildman–Crippen LogP) is 4.39. The van der Waals surface area contributed by atoms with Gasteiger partial charge in [-0.3, -0.25) is 4.79 Å². The normalized spacial score (nSPS) is 19.6. The molecule has 1 N–H and O–H groups in total. The molecule has 0 unspecified atom stereocenters. The van der Waals surface area contributed by atoms with Gasteiger partial charge in [-0.05, 0) is 42.3 Å². The van der Waals surface area contributed by atoms with Gasteiger partial charge in [-0.15, -0.1) is 0 Å². The highest BCUT2D eigenvalue weighted by Gasteiger charge is 2.52. The van der Waals surface area contributed by atoms with Gasteiger partial charge in [0.1, 0.15) is 11.7 Å². The number of sulfone groups is 1. The van der Waals surface area contributed by atoms with Gasteiger partial charge < -0.3 is 9.84 Å². The van der Waals surface area contributed by atoms with E-state index < -0.39 is 45.3 Å². The quantitative estimate of drug-likeness (QED) is 0.743. The molecule has 0 amide bonds. The molecule has 28 heavy (non-hydrogen) atoms. The number of alkyl halides is 3. The highest BCUT2D eigenvalue weighted by molar-refractivity contribution is 7.91. The third-order valence-corrected chi connectivity index (χ3v) is 6.71. The van der Waals surface area contributed by atoms with E-state index in [0.29, 0.717) is 5.02 Å². The minimum atomic E-state index is -4.95. The Morgan fingerprint density at radius 2 is 1.75 bits per heavy atom. The summed E-state index contributed by atoms with van der Waals surface area (Å²) in [5.41, 5.74) is 0.0768. The number of carboxylic acid groups (broad SMARTS) is 1. The van der Waals surface area contributed by atoms with Crippen LogP contribution in [-0.2, 0) is 21.1 Å². The van der Waals surface area contributed by atoms with Gasteiger partial charge in [-0.1, -0.05) is 23.2 Å². The molecule has 0 fully saturated rings. The van der Waals surface area contributed by atoms with Crippen molar-refractivity contribution in [1.82, 2.24) is 0 Å². The fourth-order valence-corrected chi connectivity index (χ4v) is 4.81. The number of benzene rings is 2. The maximum atomic E-state index is 13.2. The van der Waals surface area contributed by atoms with Crippen molar-refractivity contribution in [2.45, 2.75) is 28.5 Å². The Morgan fingerprint density at radius 3 is 2.29 bits per heavy atom. The number of fused-ring (bicyclic) bond motifs is 1. The van der Waals surface area contributed by atoms with Crippen LogP contribution < -0.4 is 4.74 Å². The van der Waals surface area contributed by atoms with Crippen molar-refractivity contribution in [2.24, 2.45) is 5.92 Å². The average molecular weight is 455 g/mol. The van der Waals surface area contributed by atoms with E-state index in [1.807, 2.05) is 0 Å². The Bertz CT molecular complexity index is 1040. The molecule has 0 aromatic heterocycles. The van der Waals surface area contributed by atoms with Crippen molar-refractivity contribution in [2.75, 3.05) is 0 Å². The third-order valence-electron chi connectivity index (χ3n) is 4.23. The SMILES string of the molecule is O=C(O)[C@@H]1Cc2cc(Cl)c(S(=O)(=O)c3ccc(Cl)cc3)cc2O[C@@H]1C(F)(F)F. The van der Waals surface area contributed by atoms with Crippen LogP contribution in [0.1, 0.15) is 5.56 Å². The van der Waals surface area contributed by atoms with Crippen LogP contribution in [0.4, 0.5) is 13.2 Å². The smallest absolute Gasteiger partial charge is 0.426 e. The van der Waals surface area contributed by atoms with Crippen LogP contribution in [0.25, 0.3) is 0 Å². The topological polar surface area (TPSA) is 80.7 Å². The van der Waals surface area contributed by atoms with Gasteiger partial charge >= 0.3 is 12.1 Å². The van der Waals surface area contributed by atoms with Gasteiger partial charge in [0.2, 0.25) is 15.9 Å². The van der Waals surface area contributed by atoms with Crippen molar-refractivity contribution < 1.29 is 36.2 Å². The molecule has 1 aliphatic heterocycles. The summed E-state index contributed by atoms with van der Waals surface area (Å²) < 4.78 is 70.1. The van der Waals surface area contributed by atoms with E-state index in [-0.39, 0.29) is 21.2 Å². The number of carbonyl (C=O) groups is 1. The third kappa shape index (κ3) is 3.78. The van der Waals surface area contributed by atoms with Crippen molar-refractivity contribution in [1.29, 1.82) is 0 Å². The minimum Gasteiger partial charge on any atom is -0.481 e. The van der Waals surface area contributed by atoms with E-state index >= 15 is 0 Å². The Kier molecular flexibility index (Phi) is 5.28. The maximum Gasteiger partial charge on any atom is 0.426 e. The summed E-state index contributed by atoms with van der Waals surface area (Å²) in [4.78, 5) is 10.6. The van der Waals surface area contributed by atoms with Crippen molar-refractivity contribution >= 4 is 39.0 Å². The Hall–Kier alpha value is -1.97. The molecule has 11 heteroatoms. The van der Waals surface area contributed by atoms with Crippen LogP contribution >= 0.6 is 23.2 Å². The Balaban J connectivity index is 2.10. The van der Waals surface area contributed by atoms with Crippen molar-refractivity contribution in [3.05, 3.63) is 52.0 Å². The molecule has 0 saturated carbocycles. The van der Waals surface area contributed by atoms with Crippen LogP contribution in [0.5, 0.6) is 5.75 Å². The van der Waals surface area contributed by atoms with Gasteiger partial charge in [0.25, 0.3) is 0 Å². The highest BCUT2D eigenvalue weighted by atomic mass is 35.5. The molecule has 2 atom stereocenters. The van der Waals surface area contributed by atoms with Crippen LogP contribution in [-0.4, -0.2) is 31.8 Å². The summed E-state index contributed by atoms with van der Waals surface area (Å²) in [5, 5.41) is 9.14. The molecule has 5 nitrogen and oxygen atoms in total. The molecule has 0 bridgehead atoms. The lowest BCUT2D eigenvalue weighted by atomic mass is 9.90. The van der Waals surface area contributed by atoms with Gasteiger partial charge in [-0.2, -0.15) is 13.2 Å². The van der Waals surface area contributed by atoms with Gasteiger partial charge in [0.15, 0.2) is 0 Å². The van der Waals surface area contributed by atoms with E-state index in [2.05, 4.69) is 0 Å². The second-order valence-corrected chi connectivity index (χ2v) is 8.84. The molecule has 150 valence electrons. The summed E-state index contributed by atoms with van der Waals surface area (Å²) in [7, 11) is -4.17. The molecule has 0 spiro atoms. The number of ether oxygens (including phenoxy) is 1. The number of rotatable bonds is 3. The molecular formula is C17H11Cl2F3O5S. The summed E-state index contributed by atoms with van der Waals surface area (Å²) in [6.45, 7) is 0. The van der Waals surface area contributed by atoms with Crippen LogP contribution in [0.15, 0.2) is 46.2 Å². The molecule has 1 aliphatic rings. The molecule has 2 aromatic carbocycles. The lowest BCUT2D eigenvalue weighted by Gasteiger charge is -2.32. The molecule has 0 saturated heterocycles. The first-order chi connectivity index (χ1) is 12.9. The summed E-state index contributed by atoms with van der Waals surface area (Å²) >= 11 is 11.8. The fourth-order valence-electron chi connectivity index (χ4n) is 2.87. The molecule has 1 heterocycles. The van der Waals surface area contributed by atoms with Gasteiger partial charge in [-0.25, -0.2) is 8.42 Å². The van der Waals surface area contributed by atoms with Crippen LogP contribution in [0.3, 0.4) is 0 Å². The van der Waals surface area contributed by atoms with E-state index in [1.165, 1.54) is 24.3 Å². The Morgan fingerprint density at radius 1 is 1.14 bits per heavy atom. The first-order valence-corrected chi connectivity index (χ1v) is 9.94. The zero-order valence-corrected chi connectivity index (χ0v) is 16.0. The van der Waals surface area contributed by atoms with E-state index in [4.69, 9.17) is 33.0 Å².